The summed E-state index contributed by atoms with van der Waals surface area (Å²) < 4.78 is 31.5. The number of likely N-dealkylation sites (N-methyl/N-ethyl adjacent to an activating group) is 1. The molecule has 8 nitrogen and oxygen atoms in total. The Morgan fingerprint density at radius 2 is 1.74 bits per heavy atom. The van der Waals surface area contributed by atoms with Gasteiger partial charge in [-0.25, -0.2) is 17.5 Å². The molecule has 27 heavy (non-hydrogen) atoms. The summed E-state index contributed by atoms with van der Waals surface area (Å²) in [4.78, 5) is 10.6. The number of nitrogens with two attached hydrogens (primary N) is 1. The monoisotopic (exact) mass is 391 g/mol. The quantitative estimate of drug-likeness (QED) is 0.436. The van der Waals surface area contributed by atoms with E-state index in [2.05, 4.69) is 0 Å². The predicted molar refractivity (Wildman–Crippen MR) is 101 cm³/mol. The van der Waals surface area contributed by atoms with Crippen LogP contribution in [0.15, 0.2) is 53.4 Å². The lowest BCUT2D eigenvalue weighted by Gasteiger charge is -2.17. The molecule has 0 heterocycles. The van der Waals surface area contributed by atoms with Gasteiger partial charge in [-0.15, -0.1) is 0 Å². The first-order chi connectivity index (χ1) is 12.7. The molecule has 0 aliphatic rings. The van der Waals surface area contributed by atoms with E-state index in [9.17, 15) is 13.2 Å². The lowest BCUT2D eigenvalue weighted by atomic mass is 10.1. The molecule has 0 bridgehead atoms. The van der Waals surface area contributed by atoms with E-state index in [0.717, 1.165) is 5.56 Å². The molecule has 0 fully saturated rings. The van der Waals surface area contributed by atoms with Crippen LogP contribution in [0, 0.1) is 5.41 Å². The van der Waals surface area contributed by atoms with Gasteiger partial charge in [0.05, 0.1) is 4.90 Å². The summed E-state index contributed by atoms with van der Waals surface area (Å²) >= 11 is 0. The number of hydrogen-bond donors (Lipinski definition) is 3. The Morgan fingerprint density at radius 1 is 1.15 bits per heavy atom. The fourth-order valence-corrected chi connectivity index (χ4v) is 3.46. The smallest absolute Gasteiger partial charge is 0.341 e. The molecule has 0 unspecified atom stereocenters. The molecule has 2 aromatic carbocycles. The third kappa shape index (κ3) is 5.53. The fourth-order valence-electron chi connectivity index (χ4n) is 2.29. The maximum atomic E-state index is 12.6. The summed E-state index contributed by atoms with van der Waals surface area (Å²) in [6, 6.07) is 12.7. The highest BCUT2D eigenvalue weighted by Gasteiger charge is 2.20. The molecule has 2 aromatic rings. The number of nitrogens with one attached hydrogen (secondary N) is 1. The van der Waals surface area contributed by atoms with E-state index in [0.29, 0.717) is 17.7 Å². The van der Waals surface area contributed by atoms with Gasteiger partial charge in [-0.05, 0) is 48.4 Å². The van der Waals surface area contributed by atoms with Crippen molar-refractivity contribution in [2.24, 2.45) is 5.73 Å². The van der Waals surface area contributed by atoms with E-state index in [4.69, 9.17) is 21.0 Å². The van der Waals surface area contributed by atoms with Gasteiger partial charge in [0, 0.05) is 19.2 Å². The molecule has 0 saturated carbocycles. The van der Waals surface area contributed by atoms with E-state index in [1.807, 2.05) is 0 Å². The number of carboxylic acid groups (broad SMARTS) is 1. The zero-order chi connectivity index (χ0) is 20.0. The Bertz CT molecular complexity index is 909. The van der Waals surface area contributed by atoms with Crippen LogP contribution in [-0.2, 0) is 21.2 Å². The predicted octanol–water partition coefficient (Wildman–Crippen LogP) is 1.30. The molecule has 9 heteroatoms. The van der Waals surface area contributed by atoms with E-state index in [1.165, 1.54) is 35.6 Å². The standard InChI is InChI=1S/C18H21N3O5S/c1-21(27(24,25)16-8-4-14(5-9-16)18(19)20)11-10-13-2-6-15(7-3-13)26-12-17(22)23/h2-9H,10-12H2,1H3,(H3,19,20)(H,22,23). The van der Waals surface area contributed by atoms with E-state index < -0.39 is 22.6 Å². The SMILES string of the molecule is CN(CCc1ccc(OCC(=O)O)cc1)S(=O)(=O)c1ccc(C(=N)N)cc1. The van der Waals surface area contributed by atoms with Crippen LogP contribution in [0.2, 0.25) is 0 Å². The second-order valence-corrected chi connectivity index (χ2v) is 7.89. The van der Waals surface area contributed by atoms with E-state index in [-0.39, 0.29) is 17.3 Å². The first-order valence-corrected chi connectivity index (χ1v) is 9.48. The number of nitrogens with zero attached hydrogens (tertiary/aromatic N) is 1. The van der Waals surface area contributed by atoms with Gasteiger partial charge >= 0.3 is 5.97 Å². The van der Waals surface area contributed by atoms with Crippen molar-refractivity contribution in [2.45, 2.75) is 11.3 Å². The summed E-state index contributed by atoms with van der Waals surface area (Å²) in [5.41, 5.74) is 6.73. The van der Waals surface area contributed by atoms with Crippen LogP contribution in [-0.4, -0.2) is 49.8 Å². The lowest BCUT2D eigenvalue weighted by molar-refractivity contribution is -0.139. The second kappa shape index (κ2) is 8.65. The van der Waals surface area contributed by atoms with Crippen molar-refractivity contribution in [1.82, 2.24) is 4.31 Å². The van der Waals surface area contributed by atoms with Crippen LogP contribution < -0.4 is 10.5 Å². The molecule has 0 spiro atoms. The highest BCUT2D eigenvalue weighted by Crippen LogP contribution is 2.17. The molecule has 144 valence electrons. The number of ether oxygens (including phenoxy) is 1. The minimum absolute atomic E-state index is 0.122. The van der Waals surface area contributed by atoms with Crippen molar-refractivity contribution < 1.29 is 23.1 Å². The maximum Gasteiger partial charge on any atom is 0.341 e. The number of aliphatic carboxylic acids is 1. The van der Waals surface area contributed by atoms with Crippen molar-refractivity contribution in [3.05, 3.63) is 59.7 Å². The molecular weight excluding hydrogens is 370 g/mol. The van der Waals surface area contributed by atoms with Crippen LogP contribution in [0.25, 0.3) is 0 Å². The van der Waals surface area contributed by atoms with Crippen molar-refractivity contribution in [2.75, 3.05) is 20.2 Å². The molecular formula is C18H21N3O5S. The minimum Gasteiger partial charge on any atom is -0.482 e. The average Bonchev–Trinajstić information content (AvgIpc) is 2.65. The molecule has 4 N–H and O–H groups in total. The summed E-state index contributed by atoms with van der Waals surface area (Å²) in [5, 5.41) is 15.9. The van der Waals surface area contributed by atoms with Gasteiger partial charge in [0.2, 0.25) is 10.0 Å². The zero-order valence-electron chi connectivity index (χ0n) is 14.8. The maximum absolute atomic E-state index is 12.6. The number of hydrogen-bond acceptors (Lipinski definition) is 5. The molecule has 0 atom stereocenters. The molecule has 0 aliphatic heterocycles. The minimum atomic E-state index is -3.65. The first-order valence-electron chi connectivity index (χ1n) is 8.04. The lowest BCUT2D eigenvalue weighted by Crippen LogP contribution is -2.29. The third-order valence-electron chi connectivity index (χ3n) is 3.87. The Hall–Kier alpha value is -2.91. The van der Waals surface area contributed by atoms with Gasteiger partial charge in [0.15, 0.2) is 6.61 Å². The Morgan fingerprint density at radius 3 is 2.26 bits per heavy atom. The van der Waals surface area contributed by atoms with Crippen molar-refractivity contribution >= 4 is 21.8 Å². The summed E-state index contributed by atoms with van der Waals surface area (Å²) in [6.07, 6.45) is 0.487. The number of benzene rings is 2. The number of rotatable bonds is 9. The molecule has 0 aliphatic carbocycles. The Labute approximate surface area is 157 Å². The van der Waals surface area contributed by atoms with Gasteiger partial charge in [0.1, 0.15) is 11.6 Å². The van der Waals surface area contributed by atoms with Crippen LogP contribution >= 0.6 is 0 Å². The summed E-state index contributed by atoms with van der Waals surface area (Å²) in [7, 11) is -2.15. The molecule has 0 aromatic heterocycles. The van der Waals surface area contributed by atoms with Crippen LogP contribution in [0.5, 0.6) is 5.75 Å². The van der Waals surface area contributed by atoms with Gasteiger partial charge < -0.3 is 15.6 Å². The highest BCUT2D eigenvalue weighted by atomic mass is 32.2. The molecule has 0 amide bonds. The Kier molecular flexibility index (Phi) is 6.54. The summed E-state index contributed by atoms with van der Waals surface area (Å²) in [5.74, 6) is -0.738. The largest absolute Gasteiger partial charge is 0.482 e. The van der Waals surface area contributed by atoms with Crippen molar-refractivity contribution in [3.63, 3.8) is 0 Å². The number of carboxylic acids is 1. The van der Waals surface area contributed by atoms with Crippen molar-refractivity contribution in [3.8, 4) is 5.75 Å². The molecule has 2 rings (SSSR count). The third-order valence-corrected chi connectivity index (χ3v) is 5.75. The number of nitrogen functional groups attached to an aromatic ring is 1. The first kappa shape index (κ1) is 20.4. The van der Waals surface area contributed by atoms with Gasteiger partial charge in [-0.3, -0.25) is 5.41 Å². The number of carbonyl (C=O) groups is 1. The zero-order valence-corrected chi connectivity index (χ0v) is 15.6. The van der Waals surface area contributed by atoms with Gasteiger partial charge in [-0.1, -0.05) is 12.1 Å². The van der Waals surface area contributed by atoms with Crippen molar-refractivity contribution in [1.29, 1.82) is 5.41 Å². The fraction of sp³-hybridized carbons (Fsp3) is 0.222. The normalized spacial score (nSPS) is 11.3. The highest BCUT2D eigenvalue weighted by molar-refractivity contribution is 7.89. The van der Waals surface area contributed by atoms with Crippen LogP contribution in [0.3, 0.4) is 0 Å². The number of amidine groups is 1. The summed E-state index contributed by atoms with van der Waals surface area (Å²) in [6.45, 7) is -0.144. The molecule has 0 radical (unpaired) electrons. The van der Waals surface area contributed by atoms with Crippen LogP contribution in [0.4, 0.5) is 0 Å². The topological polar surface area (TPSA) is 134 Å². The van der Waals surface area contributed by atoms with Gasteiger partial charge in [0.25, 0.3) is 0 Å². The van der Waals surface area contributed by atoms with E-state index >= 15 is 0 Å². The number of sulfonamides is 1. The Balaban J connectivity index is 1.98. The average molecular weight is 391 g/mol. The second-order valence-electron chi connectivity index (χ2n) is 5.84. The molecule has 0 saturated heterocycles. The van der Waals surface area contributed by atoms with E-state index in [1.54, 1.807) is 24.3 Å². The van der Waals surface area contributed by atoms with Crippen LogP contribution in [0.1, 0.15) is 11.1 Å². The van der Waals surface area contributed by atoms with Gasteiger partial charge in [-0.2, -0.15) is 0 Å².